The summed E-state index contributed by atoms with van der Waals surface area (Å²) in [4.78, 5) is 2.41. The number of benzene rings is 11. The Morgan fingerprint density at radius 2 is 0.696 bits per heavy atom. The average molecular weight is 880 g/mol. The van der Waals surface area contributed by atoms with Crippen molar-refractivity contribution in [1.82, 2.24) is 0 Å². The number of para-hydroxylation sites is 2. The highest BCUT2D eigenvalue weighted by Crippen LogP contribution is 2.57. The van der Waals surface area contributed by atoms with E-state index in [1.54, 1.807) is 0 Å². The van der Waals surface area contributed by atoms with Gasteiger partial charge in [-0.05, 0) is 115 Å². The van der Waals surface area contributed by atoms with Crippen LogP contribution in [-0.2, 0) is 5.41 Å². The van der Waals surface area contributed by atoms with Gasteiger partial charge in [-0.3, -0.25) is 0 Å². The summed E-state index contributed by atoms with van der Waals surface area (Å²) in [5.74, 6) is 0. The molecule has 1 aliphatic rings. The Labute approximate surface area is 402 Å². The predicted molar refractivity (Wildman–Crippen MR) is 287 cm³/mol. The Hall–Kier alpha value is -8.98. The van der Waals surface area contributed by atoms with Gasteiger partial charge in [0.1, 0.15) is 11.2 Å². The van der Waals surface area contributed by atoms with Gasteiger partial charge in [0, 0.05) is 33.4 Å². The maximum Gasteiger partial charge on any atom is 0.143 e. The largest absolute Gasteiger partial charge is 0.455 e. The van der Waals surface area contributed by atoms with Crippen LogP contribution >= 0.6 is 0 Å². The fraction of sp³-hybridized carbons (Fsp3) is 0.0149. The van der Waals surface area contributed by atoms with Crippen molar-refractivity contribution in [3.63, 3.8) is 0 Å². The molecule has 11 aromatic carbocycles. The molecule has 2 nitrogen and oxygen atoms in total. The lowest BCUT2D eigenvalue weighted by Crippen LogP contribution is -2.28. The van der Waals surface area contributed by atoms with Crippen LogP contribution in [0, 0.1) is 0 Å². The van der Waals surface area contributed by atoms with E-state index in [4.69, 9.17) is 4.42 Å². The van der Waals surface area contributed by atoms with Crippen LogP contribution in [-0.4, -0.2) is 0 Å². The van der Waals surface area contributed by atoms with Crippen LogP contribution in [0.1, 0.15) is 22.3 Å². The highest BCUT2D eigenvalue weighted by atomic mass is 16.3. The Kier molecular flexibility index (Phi) is 9.77. The monoisotopic (exact) mass is 879 g/mol. The molecular formula is C67H45NO. The van der Waals surface area contributed by atoms with Gasteiger partial charge in [-0.2, -0.15) is 0 Å². The van der Waals surface area contributed by atoms with Gasteiger partial charge in [-0.25, -0.2) is 0 Å². The molecule has 0 spiro atoms. The van der Waals surface area contributed by atoms with Gasteiger partial charge in [-0.1, -0.05) is 231 Å². The minimum Gasteiger partial charge on any atom is -0.455 e. The predicted octanol–water partition coefficient (Wildman–Crippen LogP) is 18.1. The second-order valence-electron chi connectivity index (χ2n) is 18.0. The summed E-state index contributed by atoms with van der Waals surface area (Å²) < 4.78 is 6.51. The molecule has 69 heavy (non-hydrogen) atoms. The highest BCUT2D eigenvalue weighted by molar-refractivity contribution is 6.09. The molecule has 324 valence electrons. The van der Waals surface area contributed by atoms with E-state index in [0.717, 1.165) is 50.1 Å². The lowest BCUT2D eigenvalue weighted by atomic mass is 9.67. The van der Waals surface area contributed by atoms with Gasteiger partial charge in [0.15, 0.2) is 0 Å². The Balaban J connectivity index is 1.00. The number of rotatable bonds is 9. The van der Waals surface area contributed by atoms with Crippen LogP contribution < -0.4 is 4.90 Å². The fourth-order valence-corrected chi connectivity index (χ4v) is 10.9. The zero-order valence-electron chi connectivity index (χ0n) is 37.8. The van der Waals surface area contributed by atoms with Crippen LogP contribution in [0.4, 0.5) is 17.1 Å². The summed E-state index contributed by atoms with van der Waals surface area (Å²) in [6.07, 6.45) is 0. The zero-order valence-corrected chi connectivity index (χ0v) is 37.8. The third-order valence-corrected chi connectivity index (χ3v) is 14.2. The van der Waals surface area contributed by atoms with E-state index in [0.29, 0.717) is 0 Å². The molecule has 0 amide bonds. The number of hydrogen-bond donors (Lipinski definition) is 0. The van der Waals surface area contributed by atoms with E-state index < -0.39 is 5.41 Å². The van der Waals surface area contributed by atoms with Crippen molar-refractivity contribution in [3.05, 3.63) is 295 Å². The summed E-state index contributed by atoms with van der Waals surface area (Å²) in [6.45, 7) is 0. The maximum atomic E-state index is 6.51. The van der Waals surface area contributed by atoms with Crippen molar-refractivity contribution in [1.29, 1.82) is 0 Å². The lowest BCUT2D eigenvalue weighted by Gasteiger charge is -2.35. The molecule has 1 heterocycles. The fourth-order valence-electron chi connectivity index (χ4n) is 10.9. The number of anilines is 3. The highest BCUT2D eigenvalue weighted by Gasteiger charge is 2.46. The smallest absolute Gasteiger partial charge is 0.143 e. The van der Waals surface area contributed by atoms with E-state index >= 15 is 0 Å². The summed E-state index contributed by atoms with van der Waals surface area (Å²) >= 11 is 0. The third kappa shape index (κ3) is 6.80. The van der Waals surface area contributed by atoms with Crippen molar-refractivity contribution in [2.45, 2.75) is 5.41 Å². The summed E-state index contributed by atoms with van der Waals surface area (Å²) in [7, 11) is 0. The van der Waals surface area contributed by atoms with E-state index in [2.05, 4.69) is 266 Å². The van der Waals surface area contributed by atoms with E-state index in [1.165, 1.54) is 66.8 Å². The van der Waals surface area contributed by atoms with Crippen molar-refractivity contribution in [2.75, 3.05) is 4.90 Å². The van der Waals surface area contributed by atoms with Crippen molar-refractivity contribution >= 4 is 39.0 Å². The first kappa shape index (κ1) is 40.3. The van der Waals surface area contributed by atoms with Crippen molar-refractivity contribution in [2.24, 2.45) is 0 Å². The Bertz CT molecular complexity index is 3700. The summed E-state index contributed by atoms with van der Waals surface area (Å²) in [5, 5.41) is 2.25. The molecule has 0 unspecified atom stereocenters. The van der Waals surface area contributed by atoms with Gasteiger partial charge < -0.3 is 9.32 Å². The second kappa shape index (κ2) is 16.7. The molecule has 0 aliphatic heterocycles. The molecule has 0 atom stereocenters. The first-order chi connectivity index (χ1) is 34.2. The van der Waals surface area contributed by atoms with Crippen LogP contribution in [0.3, 0.4) is 0 Å². The molecular weight excluding hydrogens is 835 g/mol. The molecule has 2 heteroatoms. The number of fused-ring (bicyclic) bond motifs is 6. The van der Waals surface area contributed by atoms with Crippen LogP contribution in [0.25, 0.3) is 77.6 Å². The maximum absolute atomic E-state index is 6.51. The van der Waals surface area contributed by atoms with Crippen molar-refractivity contribution in [3.8, 4) is 55.6 Å². The minimum absolute atomic E-state index is 0.621. The van der Waals surface area contributed by atoms with E-state index in [1.807, 2.05) is 12.1 Å². The molecule has 12 aromatic rings. The zero-order chi connectivity index (χ0) is 45.7. The molecule has 1 aromatic heterocycles. The SMILES string of the molecule is c1ccc(-c2ccc(N(c3ccc(-c4cccc5c4oc4ccccc45)cc3)c3ccc4c(c3)C(c3ccc(-c5ccccc5)cc3)(c3ccc(-c5ccccc5)cc3)c3ccccc3-4)cc2)cc1. The normalized spacial score (nSPS) is 12.5. The number of hydrogen-bond acceptors (Lipinski definition) is 2. The molecule has 0 radical (unpaired) electrons. The van der Waals surface area contributed by atoms with Gasteiger partial charge in [0.25, 0.3) is 0 Å². The Morgan fingerprint density at radius 3 is 1.28 bits per heavy atom. The molecule has 0 bridgehead atoms. The first-order valence-electron chi connectivity index (χ1n) is 23.7. The van der Waals surface area contributed by atoms with Gasteiger partial charge in [0.05, 0.1) is 5.41 Å². The first-order valence-corrected chi connectivity index (χ1v) is 23.7. The molecule has 13 rings (SSSR count). The van der Waals surface area contributed by atoms with Crippen LogP contribution in [0.2, 0.25) is 0 Å². The van der Waals surface area contributed by atoms with Gasteiger partial charge in [0.2, 0.25) is 0 Å². The molecule has 1 aliphatic carbocycles. The number of furan rings is 1. The van der Waals surface area contributed by atoms with Crippen LogP contribution in [0.15, 0.2) is 277 Å². The minimum atomic E-state index is -0.621. The number of nitrogens with zero attached hydrogens (tertiary/aromatic N) is 1. The lowest BCUT2D eigenvalue weighted by molar-refractivity contribution is 0.670. The van der Waals surface area contributed by atoms with Crippen molar-refractivity contribution < 1.29 is 4.42 Å². The van der Waals surface area contributed by atoms with E-state index in [-0.39, 0.29) is 0 Å². The molecule has 0 saturated heterocycles. The van der Waals surface area contributed by atoms with Gasteiger partial charge in [-0.15, -0.1) is 0 Å². The summed E-state index contributed by atoms with van der Waals surface area (Å²) in [6, 6.07) is 99.4. The summed E-state index contributed by atoms with van der Waals surface area (Å²) in [5.41, 5.74) is 21.2. The average Bonchev–Trinajstić information content (AvgIpc) is 3.96. The molecule has 0 saturated carbocycles. The van der Waals surface area contributed by atoms with Crippen LogP contribution in [0.5, 0.6) is 0 Å². The molecule has 0 fully saturated rings. The quantitative estimate of drug-likeness (QED) is 0.144. The Morgan fingerprint density at radius 1 is 0.275 bits per heavy atom. The second-order valence-corrected chi connectivity index (χ2v) is 18.0. The third-order valence-electron chi connectivity index (χ3n) is 14.2. The molecule has 0 N–H and O–H groups in total. The standard InChI is InChI=1S/C67H45NO/c1-4-15-46(16-5-1)49-27-35-53(36-28-49)67(54-37-29-50(30-38-54)47-17-6-2-7-18-47)63-25-12-10-21-59(63)60-44-43-57(45-64(60)67)68(55-39-31-51(32-40-55)48-19-8-3-9-20-48)56-41-33-52(34-42-56)58-23-14-24-62-61-22-11-13-26-65(61)69-66(58)62/h1-45H. The van der Waals surface area contributed by atoms with Gasteiger partial charge >= 0.3 is 0 Å². The van der Waals surface area contributed by atoms with E-state index in [9.17, 15) is 0 Å². The topological polar surface area (TPSA) is 16.4 Å².